The van der Waals surface area contributed by atoms with Gasteiger partial charge in [-0.25, -0.2) is 8.78 Å². The van der Waals surface area contributed by atoms with Gasteiger partial charge in [0.1, 0.15) is 11.6 Å². The number of thiocarbonyl (C=S) groups is 1. The van der Waals surface area contributed by atoms with E-state index in [0.717, 1.165) is 5.56 Å². The number of nitrogens with one attached hydrogen (secondary N) is 2. The van der Waals surface area contributed by atoms with Crippen LogP contribution in [0.3, 0.4) is 0 Å². The molecule has 2 N–H and O–H groups in total. The summed E-state index contributed by atoms with van der Waals surface area (Å²) in [5.74, 6) is 0.388. The molecular weight excluding hydrogens is 442 g/mol. The highest BCUT2D eigenvalue weighted by molar-refractivity contribution is 7.80. The second kappa shape index (κ2) is 9.23. The van der Waals surface area contributed by atoms with Crippen molar-refractivity contribution in [1.29, 1.82) is 0 Å². The zero-order valence-corrected chi connectivity index (χ0v) is 17.7. The number of halogens is 3. The summed E-state index contributed by atoms with van der Waals surface area (Å²) in [6.07, 6.45) is 3.49. The third-order valence-corrected chi connectivity index (χ3v) is 4.96. The van der Waals surface area contributed by atoms with Crippen LogP contribution in [0.25, 0.3) is 0 Å². The van der Waals surface area contributed by atoms with Crippen molar-refractivity contribution in [2.24, 2.45) is 0 Å². The van der Waals surface area contributed by atoms with Crippen molar-refractivity contribution in [1.82, 2.24) is 19.6 Å². The monoisotopic (exact) mass is 458 g/mol. The maximum atomic E-state index is 13.8. The highest BCUT2D eigenvalue weighted by atomic mass is 35.5. The molecule has 2 aromatic carbocycles. The molecule has 4 rings (SSSR count). The van der Waals surface area contributed by atoms with Crippen molar-refractivity contribution in [2.45, 2.75) is 13.1 Å². The average Bonchev–Trinajstić information content (AvgIpc) is 3.35. The summed E-state index contributed by atoms with van der Waals surface area (Å²) in [5, 5.41) is 15.3. The predicted molar refractivity (Wildman–Crippen MR) is 120 cm³/mol. The van der Waals surface area contributed by atoms with E-state index in [2.05, 4.69) is 20.8 Å². The summed E-state index contributed by atoms with van der Waals surface area (Å²) in [6, 6.07) is 14.3. The lowest BCUT2D eigenvalue weighted by molar-refractivity contribution is 0.586. The van der Waals surface area contributed by atoms with E-state index < -0.39 is 0 Å². The van der Waals surface area contributed by atoms with E-state index in [9.17, 15) is 8.78 Å². The van der Waals surface area contributed by atoms with E-state index in [0.29, 0.717) is 40.4 Å². The van der Waals surface area contributed by atoms with Gasteiger partial charge in [-0.1, -0.05) is 35.9 Å². The zero-order chi connectivity index (χ0) is 21.8. The fraction of sp³-hybridized carbons (Fsp3) is 0.0952. The Morgan fingerprint density at radius 2 is 1.48 bits per heavy atom. The third-order valence-electron chi connectivity index (χ3n) is 4.40. The Labute approximate surface area is 187 Å². The average molecular weight is 459 g/mol. The standard InChI is InChI=1S/C21H17ClF2N6S/c22-17-11-16(23)6-5-14(17)12-29-9-7-19(27-29)25-21(31)26-20-8-10-30(28-20)13-15-3-1-2-4-18(15)24/h1-11H,12-13H2,(H2,25,26,27,28,31). The van der Waals surface area contributed by atoms with Crippen molar-refractivity contribution in [2.75, 3.05) is 10.6 Å². The highest BCUT2D eigenvalue weighted by Gasteiger charge is 2.08. The predicted octanol–water partition coefficient (Wildman–Crippen LogP) is 4.92. The van der Waals surface area contributed by atoms with Gasteiger partial charge in [0.25, 0.3) is 0 Å². The van der Waals surface area contributed by atoms with Gasteiger partial charge in [-0.3, -0.25) is 9.36 Å². The molecule has 158 valence electrons. The van der Waals surface area contributed by atoms with Gasteiger partial charge in [-0.05, 0) is 36.0 Å². The van der Waals surface area contributed by atoms with E-state index in [-0.39, 0.29) is 11.6 Å². The van der Waals surface area contributed by atoms with Gasteiger partial charge >= 0.3 is 0 Å². The van der Waals surface area contributed by atoms with E-state index in [1.165, 1.54) is 18.2 Å². The first-order valence-corrected chi connectivity index (χ1v) is 10.1. The van der Waals surface area contributed by atoms with Crippen LogP contribution in [0.1, 0.15) is 11.1 Å². The van der Waals surface area contributed by atoms with Gasteiger partial charge < -0.3 is 10.6 Å². The Hall–Kier alpha value is -3.30. The number of rotatable bonds is 6. The molecule has 0 aliphatic heterocycles. The van der Waals surface area contributed by atoms with Crippen molar-refractivity contribution < 1.29 is 8.78 Å². The fourth-order valence-corrected chi connectivity index (χ4v) is 3.36. The summed E-state index contributed by atoms with van der Waals surface area (Å²) in [7, 11) is 0. The summed E-state index contributed by atoms with van der Waals surface area (Å²) in [4.78, 5) is 0. The molecule has 0 aliphatic carbocycles. The van der Waals surface area contributed by atoms with E-state index >= 15 is 0 Å². The molecule has 2 heterocycles. The van der Waals surface area contributed by atoms with Crippen LogP contribution < -0.4 is 10.6 Å². The van der Waals surface area contributed by atoms with Crippen LogP contribution in [-0.4, -0.2) is 24.7 Å². The number of aromatic nitrogens is 4. The van der Waals surface area contributed by atoms with Crippen LogP contribution in [0, 0.1) is 11.6 Å². The van der Waals surface area contributed by atoms with Gasteiger partial charge in [-0.15, -0.1) is 0 Å². The molecule has 0 atom stereocenters. The largest absolute Gasteiger partial charge is 0.316 e. The lowest BCUT2D eigenvalue weighted by Gasteiger charge is -2.07. The third kappa shape index (κ3) is 5.44. The first-order valence-electron chi connectivity index (χ1n) is 9.28. The van der Waals surface area contributed by atoms with Crippen LogP contribution in [0.15, 0.2) is 67.0 Å². The molecule has 0 unspecified atom stereocenters. The fourth-order valence-electron chi connectivity index (χ4n) is 2.92. The lowest BCUT2D eigenvalue weighted by Crippen LogP contribution is -2.20. The molecule has 0 bridgehead atoms. The number of nitrogens with zero attached hydrogens (tertiary/aromatic N) is 4. The van der Waals surface area contributed by atoms with Crippen LogP contribution in [0.4, 0.5) is 20.4 Å². The molecule has 0 aliphatic rings. The Morgan fingerprint density at radius 3 is 2.10 bits per heavy atom. The van der Waals surface area contributed by atoms with Crippen molar-refractivity contribution in [3.05, 3.63) is 94.8 Å². The minimum Gasteiger partial charge on any atom is -0.316 e. The van der Waals surface area contributed by atoms with Gasteiger partial charge in [0.2, 0.25) is 0 Å². The summed E-state index contributed by atoms with van der Waals surface area (Å²) >= 11 is 11.4. The van der Waals surface area contributed by atoms with Gasteiger partial charge in [-0.2, -0.15) is 10.2 Å². The molecule has 0 saturated heterocycles. The number of anilines is 2. The second-order valence-corrected chi connectivity index (χ2v) is 7.52. The molecular formula is C21H17ClF2N6S. The Kier molecular flexibility index (Phi) is 6.24. The van der Waals surface area contributed by atoms with E-state index in [1.807, 2.05) is 0 Å². The minimum atomic E-state index is -0.385. The maximum absolute atomic E-state index is 13.8. The van der Waals surface area contributed by atoms with Gasteiger partial charge in [0.05, 0.1) is 13.1 Å². The minimum absolute atomic E-state index is 0.276. The molecule has 0 fully saturated rings. The van der Waals surface area contributed by atoms with Gasteiger partial charge in [0, 0.05) is 35.1 Å². The maximum Gasteiger partial charge on any atom is 0.177 e. The molecule has 6 nitrogen and oxygen atoms in total. The van der Waals surface area contributed by atoms with E-state index in [4.69, 9.17) is 23.8 Å². The molecule has 2 aromatic heterocycles. The Balaban J connectivity index is 1.33. The Bertz CT molecular complexity index is 1220. The highest BCUT2D eigenvalue weighted by Crippen LogP contribution is 2.18. The smallest absolute Gasteiger partial charge is 0.177 e. The second-order valence-electron chi connectivity index (χ2n) is 6.70. The zero-order valence-electron chi connectivity index (χ0n) is 16.1. The molecule has 31 heavy (non-hydrogen) atoms. The number of hydrogen-bond acceptors (Lipinski definition) is 3. The quantitative estimate of drug-likeness (QED) is 0.402. The first-order chi connectivity index (χ1) is 15.0. The van der Waals surface area contributed by atoms with Crippen LogP contribution in [0.5, 0.6) is 0 Å². The Morgan fingerprint density at radius 1 is 0.871 bits per heavy atom. The van der Waals surface area contributed by atoms with Crippen LogP contribution in [0.2, 0.25) is 5.02 Å². The molecule has 0 saturated carbocycles. The number of benzene rings is 2. The SMILES string of the molecule is Fc1ccc(Cn2ccc(NC(=S)Nc3ccn(Cc4ccccc4F)n3)n2)c(Cl)c1. The molecule has 0 amide bonds. The lowest BCUT2D eigenvalue weighted by atomic mass is 10.2. The van der Waals surface area contributed by atoms with Crippen LogP contribution in [-0.2, 0) is 13.1 Å². The van der Waals surface area contributed by atoms with Crippen molar-refractivity contribution in [3.63, 3.8) is 0 Å². The first kappa shape index (κ1) is 21.0. The van der Waals surface area contributed by atoms with E-state index in [1.54, 1.807) is 58.2 Å². The normalized spacial score (nSPS) is 10.8. The number of hydrogen-bond donors (Lipinski definition) is 2. The topological polar surface area (TPSA) is 59.7 Å². The summed E-state index contributed by atoms with van der Waals surface area (Å²) in [6.45, 7) is 0.701. The van der Waals surface area contributed by atoms with Crippen molar-refractivity contribution in [3.8, 4) is 0 Å². The van der Waals surface area contributed by atoms with Crippen molar-refractivity contribution >= 4 is 40.6 Å². The summed E-state index contributed by atoms with van der Waals surface area (Å²) < 4.78 is 30.2. The molecule has 10 heteroatoms. The molecule has 4 aromatic rings. The molecule has 0 radical (unpaired) electrons. The molecule has 0 spiro atoms. The van der Waals surface area contributed by atoms with Crippen LogP contribution >= 0.6 is 23.8 Å². The van der Waals surface area contributed by atoms with Gasteiger partial charge in [0.15, 0.2) is 16.7 Å². The summed E-state index contributed by atoms with van der Waals surface area (Å²) in [5.41, 5.74) is 1.29.